The minimum atomic E-state index is -2.54. The third-order valence-corrected chi connectivity index (χ3v) is 20.0. The summed E-state index contributed by atoms with van der Waals surface area (Å²) in [6.07, 6.45) is -4.25. The number of hydrogen-bond acceptors (Lipinski definition) is 15. The molecule has 4 heterocycles. The number of ether oxygens (including phenoxy) is 7. The molecule has 9 atom stereocenters. The number of benzene rings is 4. The fourth-order valence-corrected chi connectivity index (χ4v) is 11.6. The van der Waals surface area contributed by atoms with Crippen molar-refractivity contribution in [3.8, 4) is 11.5 Å². The molecule has 410 valence electrons. The van der Waals surface area contributed by atoms with Gasteiger partial charge >= 0.3 is 11.4 Å². The van der Waals surface area contributed by atoms with E-state index in [1.54, 1.807) is 58.1 Å². The number of aryl methyl sites for hydroxylation is 1. The Morgan fingerprint density at radius 2 is 1.25 bits per heavy atom. The van der Waals surface area contributed by atoms with Gasteiger partial charge in [-0.3, -0.25) is 23.7 Å². The van der Waals surface area contributed by atoms with Crippen molar-refractivity contribution in [3.63, 3.8) is 0 Å². The molecule has 6 aromatic rings. The van der Waals surface area contributed by atoms with Gasteiger partial charge in [0.25, 0.3) is 11.5 Å². The number of nitrogens with zero attached hydrogens (tertiary/aromatic N) is 3. The molecule has 2 fully saturated rings. The van der Waals surface area contributed by atoms with Crippen molar-refractivity contribution < 1.29 is 51.4 Å². The van der Waals surface area contributed by atoms with Crippen LogP contribution >= 0.6 is 8.38 Å². The molecule has 2 N–H and O–H groups in total. The second-order valence-electron chi connectivity index (χ2n) is 20.3. The normalized spacial score (nSPS) is 22.2. The summed E-state index contributed by atoms with van der Waals surface area (Å²) >= 11 is 0. The Kier molecular flexibility index (Phi) is 18.0. The summed E-state index contributed by atoms with van der Waals surface area (Å²) in [6.45, 7) is 13.8. The standard InChI is InChI=1S/C56H68N5O14PSi/c1-35-32-61(54(65)59-49(35)62)52-47(68-7)45(42(72-52)33-70-56(37-20-16-13-17-21-37,38-22-26-40(66-5)27-23-38)39-24-28-41(67-6)29-25-39)74-76(9)71-34-43-46(75-77(10,11)55(2,3)4)48(69-8)51(73-43)60-31-30-44(58-53(60)64)57-50(63)36-18-14-12-15-19-36/h12-32,42-43,45-48,51-52H,33-34H2,1-11H3,(H,59,62,65)(H,57,58,63,64)/t42-,43-,45-,46-,47-,48-,51-,52-,76?/m1/s1. The lowest BCUT2D eigenvalue weighted by molar-refractivity contribution is -0.0956. The number of aromatic amines is 1. The van der Waals surface area contributed by atoms with Gasteiger partial charge in [-0.1, -0.05) is 93.6 Å². The van der Waals surface area contributed by atoms with Gasteiger partial charge in [0, 0.05) is 44.4 Å². The van der Waals surface area contributed by atoms with Crippen LogP contribution in [0.15, 0.2) is 142 Å². The minimum absolute atomic E-state index is 0.0638. The largest absolute Gasteiger partial charge is 0.497 e. The van der Waals surface area contributed by atoms with E-state index in [0.29, 0.717) is 17.1 Å². The molecule has 21 heteroatoms. The fraction of sp³-hybridized carbons (Fsp3) is 0.411. The van der Waals surface area contributed by atoms with Crippen molar-refractivity contribution >= 4 is 28.4 Å². The van der Waals surface area contributed by atoms with Crippen molar-refractivity contribution in [1.82, 2.24) is 19.1 Å². The van der Waals surface area contributed by atoms with Crippen molar-refractivity contribution in [2.45, 2.75) is 101 Å². The summed E-state index contributed by atoms with van der Waals surface area (Å²) in [4.78, 5) is 59.6. The number of hydrogen-bond donors (Lipinski definition) is 2. The Morgan fingerprint density at radius 1 is 0.714 bits per heavy atom. The van der Waals surface area contributed by atoms with Crippen LogP contribution in [0.3, 0.4) is 0 Å². The van der Waals surface area contributed by atoms with E-state index in [-0.39, 0.29) is 29.6 Å². The van der Waals surface area contributed by atoms with E-state index in [9.17, 15) is 19.2 Å². The van der Waals surface area contributed by atoms with Crippen LogP contribution in [0.2, 0.25) is 18.1 Å². The zero-order valence-corrected chi connectivity index (χ0v) is 47.1. The van der Waals surface area contributed by atoms with E-state index in [1.807, 2.05) is 78.9 Å². The predicted octanol–water partition coefficient (Wildman–Crippen LogP) is 7.94. The molecule has 0 spiro atoms. The molecular weight excluding hydrogens is 1030 g/mol. The molecule has 1 unspecified atom stereocenters. The number of amides is 1. The maximum atomic E-state index is 13.8. The molecule has 2 saturated heterocycles. The van der Waals surface area contributed by atoms with Crippen LogP contribution in [0.4, 0.5) is 5.82 Å². The van der Waals surface area contributed by atoms with Crippen molar-refractivity contribution in [3.05, 3.63) is 187 Å². The van der Waals surface area contributed by atoms with E-state index in [1.165, 1.54) is 41.8 Å². The Hall–Kier alpha value is -6.16. The van der Waals surface area contributed by atoms with Gasteiger partial charge in [-0.15, -0.1) is 0 Å². The average Bonchev–Trinajstić information content (AvgIpc) is 3.98. The summed E-state index contributed by atoms with van der Waals surface area (Å²) in [5.41, 5.74) is -0.114. The van der Waals surface area contributed by atoms with Gasteiger partial charge in [0.2, 0.25) is 0 Å². The zero-order valence-electron chi connectivity index (χ0n) is 45.2. The molecule has 4 aromatic carbocycles. The second kappa shape index (κ2) is 24.2. The minimum Gasteiger partial charge on any atom is -0.497 e. The van der Waals surface area contributed by atoms with Crippen molar-refractivity contribution in [1.29, 1.82) is 0 Å². The number of H-pyrrole nitrogens is 1. The van der Waals surface area contributed by atoms with Crippen LogP contribution in [0.25, 0.3) is 0 Å². The Balaban J connectivity index is 1.11. The molecule has 0 saturated carbocycles. The molecule has 2 aliphatic rings. The lowest BCUT2D eigenvalue weighted by Gasteiger charge is -2.40. The Bertz CT molecular complexity index is 3070. The van der Waals surface area contributed by atoms with Crippen molar-refractivity contribution in [2.75, 3.05) is 53.6 Å². The maximum absolute atomic E-state index is 13.8. The van der Waals surface area contributed by atoms with Gasteiger partial charge < -0.3 is 51.9 Å². The fourth-order valence-electron chi connectivity index (χ4n) is 9.31. The van der Waals surface area contributed by atoms with E-state index in [2.05, 4.69) is 49.1 Å². The molecule has 77 heavy (non-hydrogen) atoms. The lowest BCUT2D eigenvalue weighted by Crippen LogP contribution is -2.50. The zero-order chi connectivity index (χ0) is 55.2. The van der Waals surface area contributed by atoms with E-state index < -0.39 is 94.2 Å². The van der Waals surface area contributed by atoms with Crippen LogP contribution < -0.4 is 31.7 Å². The number of carbonyl (C=O) groups excluding carboxylic acids is 1. The topological polar surface area (TPSA) is 211 Å². The smallest absolute Gasteiger partial charge is 0.351 e. The van der Waals surface area contributed by atoms with Crippen molar-refractivity contribution in [2.24, 2.45) is 0 Å². The second-order valence-corrected chi connectivity index (χ2v) is 26.4. The third-order valence-electron chi connectivity index (χ3n) is 14.5. The van der Waals surface area contributed by atoms with E-state index >= 15 is 0 Å². The molecular formula is C56H68N5O14PSi. The van der Waals surface area contributed by atoms with Crippen LogP contribution in [0, 0.1) is 6.92 Å². The summed E-state index contributed by atoms with van der Waals surface area (Å²) in [6, 6.07) is 35.2. The van der Waals surface area contributed by atoms with Gasteiger partial charge in [-0.2, -0.15) is 4.98 Å². The van der Waals surface area contributed by atoms with Gasteiger partial charge in [-0.25, -0.2) is 9.59 Å². The lowest BCUT2D eigenvalue weighted by atomic mass is 9.80. The maximum Gasteiger partial charge on any atom is 0.351 e. The molecule has 19 nitrogen and oxygen atoms in total. The SMILES string of the molecule is COc1ccc(C(OC[C@H]2O[C@@H](n3cc(C)c(=O)[nH]c3=O)[C@H](OC)[C@@H]2OP(C)OC[C@H]2O[C@@H](n3ccc(NC(=O)c4ccccc4)nc3=O)[C@H](OC)[C@@H]2O[Si](C)(C)C(C)(C)C)(c2ccccc2)c2ccc(OC)cc2)cc1. The molecule has 2 aliphatic heterocycles. The highest BCUT2D eigenvalue weighted by atomic mass is 31.2. The first kappa shape index (κ1) is 57.0. The summed E-state index contributed by atoms with van der Waals surface area (Å²) in [7, 11) is 1.86. The number of rotatable bonds is 21. The quantitative estimate of drug-likeness (QED) is 0.0398. The van der Waals surface area contributed by atoms with E-state index in [0.717, 1.165) is 16.7 Å². The summed E-state index contributed by atoms with van der Waals surface area (Å²) in [5, 5.41) is 2.47. The van der Waals surface area contributed by atoms with Gasteiger partial charge in [0.05, 0.1) is 27.4 Å². The highest BCUT2D eigenvalue weighted by Gasteiger charge is 2.53. The van der Waals surface area contributed by atoms with Crippen LogP contribution in [0.1, 0.15) is 65.8 Å². The predicted molar refractivity (Wildman–Crippen MR) is 292 cm³/mol. The molecule has 2 aromatic heterocycles. The first-order valence-electron chi connectivity index (χ1n) is 25.2. The van der Waals surface area contributed by atoms with Gasteiger partial charge in [0.15, 0.2) is 29.1 Å². The first-order valence-corrected chi connectivity index (χ1v) is 29.7. The molecule has 8 rings (SSSR count). The number of anilines is 1. The molecule has 0 bridgehead atoms. The highest BCUT2D eigenvalue weighted by molar-refractivity contribution is 7.46. The first-order chi connectivity index (χ1) is 36.8. The monoisotopic (exact) mass is 1090 g/mol. The Morgan fingerprint density at radius 3 is 1.79 bits per heavy atom. The summed E-state index contributed by atoms with van der Waals surface area (Å²) < 4.78 is 67.5. The van der Waals surface area contributed by atoms with Gasteiger partial charge in [-0.05, 0) is 84.2 Å². The Labute approximate surface area is 449 Å². The summed E-state index contributed by atoms with van der Waals surface area (Å²) in [5.74, 6) is 0.959. The number of methoxy groups -OCH3 is 4. The van der Waals surface area contributed by atoms with Crippen LogP contribution in [-0.2, 0) is 42.8 Å². The van der Waals surface area contributed by atoms with Gasteiger partial charge in [0.1, 0.15) is 59.5 Å². The molecule has 0 aliphatic carbocycles. The number of aromatic nitrogens is 4. The molecule has 0 radical (unpaired) electrons. The molecule has 1 amide bonds. The third kappa shape index (κ3) is 12.3. The van der Waals surface area contributed by atoms with Crippen LogP contribution in [-0.4, -0.2) is 118 Å². The number of carbonyl (C=O) groups is 1. The average molecular weight is 1090 g/mol. The van der Waals surface area contributed by atoms with Crippen LogP contribution in [0.5, 0.6) is 11.5 Å². The van der Waals surface area contributed by atoms with E-state index in [4.69, 9.17) is 46.6 Å². The highest BCUT2D eigenvalue weighted by Crippen LogP contribution is 2.48. The number of nitrogens with one attached hydrogen (secondary N) is 2.